The molecule has 23 heavy (non-hydrogen) atoms. The van der Waals surface area contributed by atoms with Gasteiger partial charge in [0.25, 0.3) is 5.56 Å². The van der Waals surface area contributed by atoms with E-state index in [9.17, 15) is 14.4 Å². The number of rotatable bonds is 7. The summed E-state index contributed by atoms with van der Waals surface area (Å²) in [6.07, 6.45) is 2.99. The van der Waals surface area contributed by atoms with E-state index in [1.54, 1.807) is 31.5 Å². The highest BCUT2D eigenvalue weighted by Crippen LogP contribution is 2.27. The van der Waals surface area contributed by atoms with Gasteiger partial charge in [0, 0.05) is 30.3 Å². The monoisotopic (exact) mass is 318 g/mol. The topological polar surface area (TPSA) is 131 Å². The first-order chi connectivity index (χ1) is 11.0. The molecule has 2 aromatic heterocycles. The molecule has 0 aromatic carbocycles. The van der Waals surface area contributed by atoms with Gasteiger partial charge in [0.05, 0.1) is 18.7 Å². The molecule has 0 fully saturated rings. The van der Waals surface area contributed by atoms with Crippen molar-refractivity contribution in [2.75, 3.05) is 6.61 Å². The molecule has 0 saturated carbocycles. The zero-order chi connectivity index (χ0) is 16.8. The number of nitrogens with zero attached hydrogens (tertiary/aromatic N) is 1. The van der Waals surface area contributed by atoms with Crippen molar-refractivity contribution in [3.05, 3.63) is 51.7 Å². The maximum atomic E-state index is 12.2. The number of nitrogens with two attached hydrogens (primary N) is 1. The van der Waals surface area contributed by atoms with E-state index in [1.807, 2.05) is 0 Å². The van der Waals surface area contributed by atoms with E-state index in [1.165, 1.54) is 0 Å². The third-order valence-electron chi connectivity index (χ3n) is 3.36. The summed E-state index contributed by atoms with van der Waals surface area (Å²) in [5.41, 5.74) is 6.25. The molecule has 1 amide bonds. The fraction of sp³-hybridized carbons (Fsp3) is 0.333. The van der Waals surface area contributed by atoms with Crippen LogP contribution >= 0.6 is 0 Å². The lowest BCUT2D eigenvalue weighted by molar-refractivity contribution is -0.142. The van der Waals surface area contributed by atoms with E-state index in [-0.39, 0.29) is 19.4 Å². The number of amides is 1. The fourth-order valence-electron chi connectivity index (χ4n) is 2.44. The molecule has 0 aliphatic rings. The molecule has 0 aliphatic carbocycles. The first-order valence-electron chi connectivity index (χ1n) is 7.16. The molecule has 0 aliphatic heterocycles. The normalized spacial score (nSPS) is 11.9. The number of pyridine rings is 1. The Kier molecular flexibility index (Phi) is 5.29. The number of esters is 1. The van der Waals surface area contributed by atoms with Crippen molar-refractivity contribution in [3.8, 4) is 0 Å². The number of hydrogen-bond acceptors (Lipinski definition) is 5. The smallest absolute Gasteiger partial charge is 0.311 e. The molecular formula is C15H18N4O4. The summed E-state index contributed by atoms with van der Waals surface area (Å²) in [5, 5.41) is 5.12. The largest absolute Gasteiger partial charge is 0.466 e. The van der Waals surface area contributed by atoms with Gasteiger partial charge in [-0.05, 0) is 18.6 Å². The molecule has 1 unspecified atom stereocenters. The zero-order valence-corrected chi connectivity index (χ0v) is 12.7. The van der Waals surface area contributed by atoms with Gasteiger partial charge in [-0.15, -0.1) is 0 Å². The number of primary amides is 1. The quantitative estimate of drug-likeness (QED) is 0.628. The van der Waals surface area contributed by atoms with Gasteiger partial charge in [-0.25, -0.2) is 0 Å². The van der Waals surface area contributed by atoms with Crippen LogP contribution in [0.3, 0.4) is 0 Å². The minimum absolute atomic E-state index is 0.0670. The van der Waals surface area contributed by atoms with Gasteiger partial charge < -0.3 is 15.6 Å². The summed E-state index contributed by atoms with van der Waals surface area (Å²) in [6, 6.07) is 3.45. The Bertz CT molecular complexity index is 735. The highest BCUT2D eigenvalue weighted by Gasteiger charge is 2.26. The van der Waals surface area contributed by atoms with Gasteiger partial charge in [-0.3, -0.25) is 24.5 Å². The molecule has 122 valence electrons. The van der Waals surface area contributed by atoms with E-state index >= 15 is 0 Å². The Labute approximate surface area is 132 Å². The number of nitrogens with one attached hydrogen (secondary N) is 2. The van der Waals surface area contributed by atoms with Crippen LogP contribution in [-0.2, 0) is 20.7 Å². The number of aromatic nitrogens is 3. The van der Waals surface area contributed by atoms with Crippen molar-refractivity contribution in [2.24, 2.45) is 5.73 Å². The number of carbonyl (C=O) groups excluding carboxylic acids is 2. The molecule has 0 spiro atoms. The zero-order valence-electron chi connectivity index (χ0n) is 12.7. The molecule has 2 aromatic rings. The summed E-state index contributed by atoms with van der Waals surface area (Å²) in [7, 11) is 0. The van der Waals surface area contributed by atoms with Crippen molar-refractivity contribution in [2.45, 2.75) is 25.7 Å². The molecule has 0 saturated heterocycles. The predicted octanol–water partition coefficient (Wildman–Crippen LogP) is 0.211. The second-order valence-corrected chi connectivity index (χ2v) is 4.96. The van der Waals surface area contributed by atoms with E-state index in [0.29, 0.717) is 16.8 Å². The number of aromatic amines is 2. The van der Waals surface area contributed by atoms with E-state index < -0.39 is 23.4 Å². The van der Waals surface area contributed by atoms with E-state index in [0.717, 1.165) is 0 Å². The Hall–Kier alpha value is -2.90. The minimum Gasteiger partial charge on any atom is -0.466 e. The molecule has 4 N–H and O–H groups in total. The first-order valence-corrected chi connectivity index (χ1v) is 7.16. The molecular weight excluding hydrogens is 300 g/mol. The van der Waals surface area contributed by atoms with Crippen molar-refractivity contribution < 1.29 is 14.3 Å². The molecule has 8 heteroatoms. The summed E-state index contributed by atoms with van der Waals surface area (Å²) < 4.78 is 4.90. The van der Waals surface area contributed by atoms with Crippen LogP contribution in [0.1, 0.15) is 36.1 Å². The Morgan fingerprint density at radius 1 is 1.39 bits per heavy atom. The summed E-state index contributed by atoms with van der Waals surface area (Å²) in [5.74, 6) is -1.60. The Balaban J connectivity index is 2.43. The molecule has 0 bridgehead atoms. The Morgan fingerprint density at radius 3 is 2.78 bits per heavy atom. The van der Waals surface area contributed by atoms with Crippen molar-refractivity contribution in [1.29, 1.82) is 0 Å². The van der Waals surface area contributed by atoms with Crippen LogP contribution in [0.15, 0.2) is 29.3 Å². The lowest BCUT2D eigenvalue weighted by atomic mass is 9.88. The van der Waals surface area contributed by atoms with Crippen molar-refractivity contribution >= 4 is 11.9 Å². The maximum absolute atomic E-state index is 12.2. The second-order valence-electron chi connectivity index (χ2n) is 4.96. The van der Waals surface area contributed by atoms with Gasteiger partial charge in [-0.1, -0.05) is 6.07 Å². The fourth-order valence-corrected chi connectivity index (χ4v) is 2.44. The van der Waals surface area contributed by atoms with Crippen LogP contribution in [0, 0.1) is 0 Å². The minimum atomic E-state index is -0.583. The summed E-state index contributed by atoms with van der Waals surface area (Å²) >= 11 is 0. The van der Waals surface area contributed by atoms with Gasteiger partial charge in [0.2, 0.25) is 5.91 Å². The number of ether oxygens (including phenoxy) is 1. The van der Waals surface area contributed by atoms with Gasteiger partial charge >= 0.3 is 5.97 Å². The lowest BCUT2D eigenvalue weighted by Gasteiger charge is -2.15. The van der Waals surface area contributed by atoms with Crippen LogP contribution in [0.25, 0.3) is 0 Å². The molecule has 1 atom stereocenters. The van der Waals surface area contributed by atoms with Gasteiger partial charge in [0.15, 0.2) is 0 Å². The highest BCUT2D eigenvalue weighted by molar-refractivity contribution is 5.76. The highest BCUT2D eigenvalue weighted by atomic mass is 16.5. The van der Waals surface area contributed by atoms with Crippen LogP contribution in [0.2, 0.25) is 0 Å². The maximum Gasteiger partial charge on any atom is 0.311 e. The van der Waals surface area contributed by atoms with Crippen molar-refractivity contribution in [3.63, 3.8) is 0 Å². The molecule has 0 radical (unpaired) electrons. The summed E-state index contributed by atoms with van der Waals surface area (Å²) in [6.45, 7) is 1.94. The lowest BCUT2D eigenvalue weighted by Crippen LogP contribution is -2.22. The average molecular weight is 318 g/mol. The number of hydrogen-bond donors (Lipinski definition) is 3. The molecule has 2 rings (SSSR count). The molecule has 8 nitrogen and oxygen atoms in total. The predicted molar refractivity (Wildman–Crippen MR) is 81.6 cm³/mol. The number of H-pyrrole nitrogens is 2. The summed E-state index contributed by atoms with van der Waals surface area (Å²) in [4.78, 5) is 39.3. The van der Waals surface area contributed by atoms with E-state index in [2.05, 4.69) is 15.2 Å². The van der Waals surface area contributed by atoms with Crippen LogP contribution in [-0.4, -0.2) is 33.7 Å². The number of carbonyl (C=O) groups is 2. The van der Waals surface area contributed by atoms with Crippen LogP contribution in [0.4, 0.5) is 0 Å². The average Bonchev–Trinajstić information content (AvgIpc) is 2.86. The van der Waals surface area contributed by atoms with Gasteiger partial charge in [0.1, 0.15) is 0 Å². The standard InChI is InChI=1S/C15H18N4O4/c1-2-23-13(21)7-11-14(15(22)19-18-11)10(6-12(16)20)9-4-3-5-17-8-9/h3-5,8,10H,2,6-7H2,1H3,(H2,16,20)(H2,18,19,22). The van der Waals surface area contributed by atoms with Crippen molar-refractivity contribution in [1.82, 2.24) is 15.2 Å². The molecule has 2 heterocycles. The SMILES string of the molecule is CCOC(=O)Cc1[nH][nH]c(=O)c1C(CC(N)=O)c1cccnc1. The van der Waals surface area contributed by atoms with Crippen LogP contribution in [0.5, 0.6) is 0 Å². The third kappa shape index (κ3) is 4.06. The van der Waals surface area contributed by atoms with Gasteiger partial charge in [-0.2, -0.15) is 0 Å². The second kappa shape index (κ2) is 7.39. The third-order valence-corrected chi connectivity index (χ3v) is 3.36. The Morgan fingerprint density at radius 2 is 2.17 bits per heavy atom. The first kappa shape index (κ1) is 16.5. The van der Waals surface area contributed by atoms with E-state index in [4.69, 9.17) is 10.5 Å². The van der Waals surface area contributed by atoms with Crippen LogP contribution < -0.4 is 11.3 Å².